The lowest BCUT2D eigenvalue weighted by molar-refractivity contribution is 0.264. The van der Waals surface area contributed by atoms with Crippen LogP contribution in [0.1, 0.15) is 18.9 Å². The minimum Gasteiger partial charge on any atom is -0.396 e. The predicted molar refractivity (Wildman–Crippen MR) is 68.6 cm³/mol. The van der Waals surface area contributed by atoms with E-state index in [0.29, 0.717) is 6.42 Å². The van der Waals surface area contributed by atoms with Crippen LogP contribution in [0, 0.1) is 11.3 Å². The Labute approximate surface area is 101 Å². The summed E-state index contributed by atoms with van der Waals surface area (Å²) in [5.74, 6) is 0. The highest BCUT2D eigenvalue weighted by Gasteiger charge is 2.25. The zero-order valence-corrected chi connectivity index (χ0v) is 9.85. The maximum Gasteiger partial charge on any atom is 0.0816 e. The van der Waals surface area contributed by atoms with Gasteiger partial charge in [-0.25, -0.2) is 0 Å². The van der Waals surface area contributed by atoms with Crippen LogP contribution in [0.3, 0.4) is 0 Å². The highest BCUT2D eigenvalue weighted by Crippen LogP contribution is 2.29. The SMILES string of the molecule is CC(C#N)(CCO)c1ccc2ccccc2c1. The summed E-state index contributed by atoms with van der Waals surface area (Å²) in [4.78, 5) is 0. The van der Waals surface area contributed by atoms with Crippen LogP contribution in [0.5, 0.6) is 0 Å². The van der Waals surface area contributed by atoms with Crippen LogP contribution in [-0.4, -0.2) is 11.7 Å². The van der Waals surface area contributed by atoms with Gasteiger partial charge >= 0.3 is 0 Å². The Balaban J connectivity index is 2.52. The van der Waals surface area contributed by atoms with Crippen LogP contribution < -0.4 is 0 Å². The Morgan fingerprint density at radius 1 is 1.18 bits per heavy atom. The van der Waals surface area contributed by atoms with Gasteiger partial charge in [-0.05, 0) is 35.7 Å². The van der Waals surface area contributed by atoms with Gasteiger partial charge in [0, 0.05) is 6.61 Å². The van der Waals surface area contributed by atoms with E-state index < -0.39 is 5.41 Å². The normalized spacial score (nSPS) is 14.2. The van der Waals surface area contributed by atoms with E-state index in [4.69, 9.17) is 5.11 Å². The molecule has 2 aromatic rings. The van der Waals surface area contributed by atoms with Crippen molar-refractivity contribution in [2.24, 2.45) is 0 Å². The van der Waals surface area contributed by atoms with Crippen LogP contribution in [0.4, 0.5) is 0 Å². The van der Waals surface area contributed by atoms with Crippen molar-refractivity contribution in [1.82, 2.24) is 0 Å². The van der Waals surface area contributed by atoms with Gasteiger partial charge in [-0.3, -0.25) is 0 Å². The number of hydrogen-bond donors (Lipinski definition) is 1. The average Bonchev–Trinajstić information content (AvgIpc) is 2.38. The van der Waals surface area contributed by atoms with Crippen LogP contribution in [0.2, 0.25) is 0 Å². The highest BCUT2D eigenvalue weighted by molar-refractivity contribution is 5.83. The summed E-state index contributed by atoms with van der Waals surface area (Å²) in [6.07, 6.45) is 0.460. The van der Waals surface area contributed by atoms with Gasteiger partial charge in [-0.15, -0.1) is 0 Å². The van der Waals surface area contributed by atoms with E-state index in [-0.39, 0.29) is 6.61 Å². The molecule has 2 aromatic carbocycles. The Morgan fingerprint density at radius 2 is 1.88 bits per heavy atom. The van der Waals surface area contributed by atoms with E-state index in [2.05, 4.69) is 12.1 Å². The molecule has 1 unspecified atom stereocenters. The van der Waals surface area contributed by atoms with Crippen molar-refractivity contribution >= 4 is 10.8 Å². The molecule has 0 aromatic heterocycles. The van der Waals surface area contributed by atoms with E-state index in [0.717, 1.165) is 10.9 Å². The maximum atomic E-state index is 9.28. The van der Waals surface area contributed by atoms with Gasteiger partial charge in [0.1, 0.15) is 0 Å². The molecule has 2 heteroatoms. The summed E-state index contributed by atoms with van der Waals surface area (Å²) < 4.78 is 0. The topological polar surface area (TPSA) is 44.0 Å². The molecule has 2 rings (SSSR count). The molecule has 2 nitrogen and oxygen atoms in total. The molecule has 0 aliphatic heterocycles. The van der Waals surface area contributed by atoms with Gasteiger partial charge in [0.15, 0.2) is 0 Å². The molecule has 0 saturated carbocycles. The molecule has 0 radical (unpaired) electrons. The number of nitriles is 1. The summed E-state index contributed by atoms with van der Waals surface area (Å²) in [5, 5.41) is 20.6. The first-order chi connectivity index (χ1) is 8.19. The molecule has 0 spiro atoms. The molecule has 0 fully saturated rings. The van der Waals surface area contributed by atoms with E-state index >= 15 is 0 Å². The van der Waals surface area contributed by atoms with Gasteiger partial charge in [-0.2, -0.15) is 5.26 Å². The third-order valence-corrected chi connectivity index (χ3v) is 3.25. The molecule has 17 heavy (non-hydrogen) atoms. The van der Waals surface area contributed by atoms with Gasteiger partial charge < -0.3 is 5.11 Å². The number of benzene rings is 2. The molecule has 0 bridgehead atoms. The van der Waals surface area contributed by atoms with Crippen molar-refractivity contribution in [3.63, 3.8) is 0 Å². The molecule has 1 N–H and O–H groups in total. The second-order valence-corrected chi connectivity index (χ2v) is 4.48. The van der Waals surface area contributed by atoms with Crippen LogP contribution in [0.25, 0.3) is 10.8 Å². The molecule has 86 valence electrons. The smallest absolute Gasteiger partial charge is 0.0816 e. The lowest BCUT2D eigenvalue weighted by Crippen LogP contribution is -2.21. The van der Waals surface area contributed by atoms with Crippen molar-refractivity contribution in [1.29, 1.82) is 5.26 Å². The van der Waals surface area contributed by atoms with Crippen LogP contribution in [-0.2, 0) is 5.41 Å². The second kappa shape index (κ2) is 4.57. The number of nitrogens with zero attached hydrogens (tertiary/aromatic N) is 1. The molecule has 0 aliphatic carbocycles. The van der Waals surface area contributed by atoms with E-state index in [1.807, 2.05) is 43.3 Å². The predicted octanol–water partition coefficient (Wildman–Crippen LogP) is 3.00. The summed E-state index contributed by atoms with van der Waals surface area (Å²) in [5.41, 5.74) is 0.353. The average molecular weight is 225 g/mol. The highest BCUT2D eigenvalue weighted by atomic mass is 16.3. The van der Waals surface area contributed by atoms with Gasteiger partial charge in [0.2, 0.25) is 0 Å². The molecule has 0 aliphatic rings. The summed E-state index contributed by atoms with van der Waals surface area (Å²) in [6.45, 7) is 1.89. The monoisotopic (exact) mass is 225 g/mol. The van der Waals surface area contributed by atoms with Gasteiger partial charge in [0.25, 0.3) is 0 Å². The van der Waals surface area contributed by atoms with Gasteiger partial charge in [-0.1, -0.05) is 36.4 Å². The Bertz CT molecular complexity index is 570. The third kappa shape index (κ3) is 2.15. The second-order valence-electron chi connectivity index (χ2n) is 4.48. The maximum absolute atomic E-state index is 9.28. The van der Waals surface area contributed by atoms with Crippen LogP contribution in [0.15, 0.2) is 42.5 Å². The summed E-state index contributed by atoms with van der Waals surface area (Å²) in [6, 6.07) is 16.4. The van der Waals surface area contributed by atoms with Gasteiger partial charge in [0.05, 0.1) is 11.5 Å². The molecule has 0 heterocycles. The van der Waals surface area contributed by atoms with Crippen molar-refractivity contribution in [3.8, 4) is 6.07 Å². The molecular weight excluding hydrogens is 210 g/mol. The Kier molecular flexibility index (Phi) is 3.12. The quantitative estimate of drug-likeness (QED) is 0.872. The molecule has 0 saturated heterocycles. The standard InChI is InChI=1S/C15H15NO/c1-15(11-16,8-9-17)14-7-6-12-4-2-3-5-13(12)10-14/h2-7,10,17H,8-9H2,1H3. The first kappa shape index (κ1) is 11.6. The molecule has 0 amide bonds. The van der Waals surface area contributed by atoms with E-state index in [9.17, 15) is 5.26 Å². The zero-order valence-electron chi connectivity index (χ0n) is 9.85. The minimum atomic E-state index is -0.612. The fraction of sp³-hybridized carbons (Fsp3) is 0.267. The number of fused-ring (bicyclic) bond motifs is 1. The van der Waals surface area contributed by atoms with E-state index in [1.54, 1.807) is 0 Å². The minimum absolute atomic E-state index is 0.0247. The first-order valence-electron chi connectivity index (χ1n) is 5.71. The van der Waals surface area contributed by atoms with Crippen molar-refractivity contribution in [2.75, 3.05) is 6.61 Å². The van der Waals surface area contributed by atoms with Crippen molar-refractivity contribution in [2.45, 2.75) is 18.8 Å². The third-order valence-electron chi connectivity index (χ3n) is 3.25. The molecular formula is C15H15NO. The Morgan fingerprint density at radius 3 is 2.53 bits per heavy atom. The van der Waals surface area contributed by atoms with Crippen LogP contribution >= 0.6 is 0 Å². The number of rotatable bonds is 3. The summed E-state index contributed by atoms with van der Waals surface area (Å²) >= 11 is 0. The number of aliphatic hydroxyl groups is 1. The summed E-state index contributed by atoms with van der Waals surface area (Å²) in [7, 11) is 0. The fourth-order valence-electron chi connectivity index (χ4n) is 2.02. The number of aliphatic hydroxyl groups excluding tert-OH is 1. The lowest BCUT2D eigenvalue weighted by Gasteiger charge is -2.21. The lowest BCUT2D eigenvalue weighted by atomic mass is 9.80. The zero-order chi connectivity index (χ0) is 12.3. The first-order valence-corrected chi connectivity index (χ1v) is 5.71. The number of hydrogen-bond acceptors (Lipinski definition) is 2. The van der Waals surface area contributed by atoms with Crippen molar-refractivity contribution < 1.29 is 5.11 Å². The fourth-order valence-corrected chi connectivity index (χ4v) is 2.02. The largest absolute Gasteiger partial charge is 0.396 e. The Hall–Kier alpha value is -1.85. The van der Waals surface area contributed by atoms with E-state index in [1.165, 1.54) is 5.39 Å². The van der Waals surface area contributed by atoms with Crippen molar-refractivity contribution in [3.05, 3.63) is 48.0 Å². The molecule has 1 atom stereocenters.